The summed E-state index contributed by atoms with van der Waals surface area (Å²) < 4.78 is 37.1. The number of Topliss-reactive ketones (excluding diaryl/α,β-unsaturated/α-hetero) is 1. The van der Waals surface area contributed by atoms with Gasteiger partial charge in [-0.25, -0.2) is 12.7 Å². The molecule has 1 amide bonds. The second kappa shape index (κ2) is 11.8. The number of para-hydroxylation sites is 1. The summed E-state index contributed by atoms with van der Waals surface area (Å²) in [5.74, 6) is -0.833. The summed E-state index contributed by atoms with van der Waals surface area (Å²) in [6.45, 7) is 0.609. The normalized spacial score (nSPS) is 17.1. The molecule has 1 fully saturated rings. The van der Waals surface area contributed by atoms with Gasteiger partial charge in [0.1, 0.15) is 17.3 Å². The maximum Gasteiger partial charge on any atom is 0.295 e. The van der Waals surface area contributed by atoms with Crippen molar-refractivity contribution in [2.24, 2.45) is 0 Å². The molecule has 0 aromatic heterocycles. The van der Waals surface area contributed by atoms with E-state index in [0.29, 0.717) is 30.1 Å². The van der Waals surface area contributed by atoms with Crippen LogP contribution in [0.4, 0.5) is 0 Å². The van der Waals surface area contributed by atoms with E-state index in [1.807, 2.05) is 30.3 Å². The highest BCUT2D eigenvalue weighted by Crippen LogP contribution is 2.40. The molecular formula is C29H30N2O7S. The molecule has 1 aliphatic heterocycles. The SMILES string of the molecule is COCCCN1C(=O)C(=O)C(=C(O)c2ccc(S(=O)(=O)N(C)C)cc2)[C@H]1c1cccc(Oc2ccccc2)c1. The second-order valence-electron chi connectivity index (χ2n) is 9.14. The number of sulfonamides is 1. The minimum atomic E-state index is -3.68. The molecule has 1 N–H and O–H groups in total. The number of carbonyl (C=O) groups excluding carboxylic acids is 2. The van der Waals surface area contributed by atoms with Crippen LogP contribution in [0.25, 0.3) is 5.76 Å². The van der Waals surface area contributed by atoms with Crippen molar-refractivity contribution in [3.63, 3.8) is 0 Å². The van der Waals surface area contributed by atoms with E-state index in [0.717, 1.165) is 4.31 Å². The van der Waals surface area contributed by atoms with Gasteiger partial charge in [-0.15, -0.1) is 0 Å². The fourth-order valence-electron chi connectivity index (χ4n) is 4.36. The van der Waals surface area contributed by atoms with Crippen LogP contribution in [0.3, 0.4) is 0 Å². The highest BCUT2D eigenvalue weighted by Gasteiger charge is 2.46. The number of aliphatic hydroxyl groups is 1. The van der Waals surface area contributed by atoms with Gasteiger partial charge in [0.05, 0.1) is 16.5 Å². The third kappa shape index (κ3) is 5.88. The highest BCUT2D eigenvalue weighted by molar-refractivity contribution is 7.89. The molecule has 0 aliphatic carbocycles. The van der Waals surface area contributed by atoms with Gasteiger partial charge in [0.15, 0.2) is 0 Å². The van der Waals surface area contributed by atoms with Crippen LogP contribution >= 0.6 is 0 Å². The molecule has 3 aromatic rings. The van der Waals surface area contributed by atoms with Crippen LogP contribution in [-0.4, -0.2) is 68.8 Å². The van der Waals surface area contributed by atoms with Crippen LogP contribution in [-0.2, 0) is 24.3 Å². The highest BCUT2D eigenvalue weighted by atomic mass is 32.2. The van der Waals surface area contributed by atoms with Crippen molar-refractivity contribution in [3.05, 3.63) is 95.6 Å². The number of amides is 1. The quantitative estimate of drug-likeness (QED) is 0.174. The predicted octanol–water partition coefficient (Wildman–Crippen LogP) is 4.19. The average Bonchev–Trinajstić information content (AvgIpc) is 3.18. The number of nitrogens with zero attached hydrogens (tertiary/aromatic N) is 2. The summed E-state index contributed by atoms with van der Waals surface area (Å²) in [5, 5.41) is 11.3. The Hall–Kier alpha value is -3.99. The van der Waals surface area contributed by atoms with E-state index >= 15 is 0 Å². The van der Waals surface area contributed by atoms with E-state index in [-0.39, 0.29) is 22.6 Å². The molecule has 0 radical (unpaired) electrons. The van der Waals surface area contributed by atoms with Crippen LogP contribution in [0.15, 0.2) is 89.3 Å². The molecule has 0 unspecified atom stereocenters. The Morgan fingerprint density at radius 1 is 0.949 bits per heavy atom. The molecule has 39 heavy (non-hydrogen) atoms. The Bertz CT molecular complexity index is 1480. The second-order valence-corrected chi connectivity index (χ2v) is 11.3. The number of ketones is 1. The maximum absolute atomic E-state index is 13.3. The van der Waals surface area contributed by atoms with Crippen LogP contribution in [0.1, 0.15) is 23.6 Å². The van der Waals surface area contributed by atoms with Crippen molar-refractivity contribution in [2.75, 3.05) is 34.4 Å². The first-order chi connectivity index (χ1) is 18.6. The van der Waals surface area contributed by atoms with Gasteiger partial charge in [-0.05, 0) is 60.5 Å². The van der Waals surface area contributed by atoms with Gasteiger partial charge in [-0.1, -0.05) is 30.3 Å². The summed E-state index contributed by atoms with van der Waals surface area (Å²) in [4.78, 5) is 27.9. The molecule has 1 heterocycles. The van der Waals surface area contributed by atoms with Crippen molar-refractivity contribution >= 4 is 27.5 Å². The summed E-state index contributed by atoms with van der Waals surface area (Å²) in [6.07, 6.45) is 0.483. The summed E-state index contributed by atoms with van der Waals surface area (Å²) >= 11 is 0. The fraction of sp³-hybridized carbons (Fsp3) is 0.241. The number of benzene rings is 3. The molecule has 204 valence electrons. The van der Waals surface area contributed by atoms with Crippen LogP contribution < -0.4 is 4.74 Å². The number of aliphatic hydroxyl groups excluding tert-OH is 1. The molecule has 10 heteroatoms. The van der Waals surface area contributed by atoms with Gasteiger partial charge < -0.3 is 19.5 Å². The Kier molecular flexibility index (Phi) is 8.49. The van der Waals surface area contributed by atoms with E-state index in [1.165, 1.54) is 43.3 Å². The molecular weight excluding hydrogens is 520 g/mol. The molecule has 1 atom stereocenters. The zero-order chi connectivity index (χ0) is 28.2. The van der Waals surface area contributed by atoms with Crippen LogP contribution in [0, 0.1) is 0 Å². The lowest BCUT2D eigenvalue weighted by atomic mass is 9.95. The molecule has 4 rings (SSSR count). The Morgan fingerprint density at radius 3 is 2.26 bits per heavy atom. The van der Waals surface area contributed by atoms with Crippen molar-refractivity contribution in [2.45, 2.75) is 17.4 Å². The zero-order valence-corrected chi connectivity index (χ0v) is 22.7. The van der Waals surface area contributed by atoms with Gasteiger partial charge in [0, 0.05) is 39.9 Å². The lowest BCUT2D eigenvalue weighted by Gasteiger charge is -2.25. The smallest absolute Gasteiger partial charge is 0.295 e. The largest absolute Gasteiger partial charge is 0.507 e. The van der Waals surface area contributed by atoms with Crippen molar-refractivity contribution in [3.8, 4) is 11.5 Å². The minimum Gasteiger partial charge on any atom is -0.507 e. The van der Waals surface area contributed by atoms with Crippen LogP contribution in [0.5, 0.6) is 11.5 Å². The Morgan fingerprint density at radius 2 is 1.62 bits per heavy atom. The van der Waals surface area contributed by atoms with Crippen molar-refractivity contribution in [1.82, 2.24) is 9.21 Å². The Labute approximate surface area is 227 Å². The Balaban J connectivity index is 1.78. The van der Waals surface area contributed by atoms with E-state index < -0.39 is 33.5 Å². The first-order valence-corrected chi connectivity index (χ1v) is 13.7. The summed E-state index contributed by atoms with van der Waals surface area (Å²) in [7, 11) is 0.709. The molecule has 3 aromatic carbocycles. The molecule has 1 saturated heterocycles. The third-order valence-electron chi connectivity index (χ3n) is 6.35. The number of carbonyl (C=O) groups is 2. The number of rotatable bonds is 10. The fourth-order valence-corrected chi connectivity index (χ4v) is 5.26. The number of ether oxygens (including phenoxy) is 2. The van der Waals surface area contributed by atoms with E-state index in [1.54, 1.807) is 31.4 Å². The number of methoxy groups -OCH3 is 1. The predicted molar refractivity (Wildman–Crippen MR) is 146 cm³/mol. The van der Waals surface area contributed by atoms with Gasteiger partial charge in [0.2, 0.25) is 10.0 Å². The maximum atomic E-state index is 13.3. The van der Waals surface area contributed by atoms with Gasteiger partial charge in [-0.2, -0.15) is 0 Å². The zero-order valence-electron chi connectivity index (χ0n) is 21.9. The van der Waals surface area contributed by atoms with Crippen molar-refractivity contribution < 1.29 is 32.6 Å². The lowest BCUT2D eigenvalue weighted by molar-refractivity contribution is -0.140. The van der Waals surface area contributed by atoms with Crippen molar-refractivity contribution in [1.29, 1.82) is 0 Å². The lowest BCUT2D eigenvalue weighted by Crippen LogP contribution is -2.31. The van der Waals surface area contributed by atoms with Gasteiger partial charge >= 0.3 is 0 Å². The third-order valence-corrected chi connectivity index (χ3v) is 8.18. The van der Waals surface area contributed by atoms with E-state index in [4.69, 9.17) is 9.47 Å². The van der Waals surface area contributed by atoms with Gasteiger partial charge in [-0.3, -0.25) is 9.59 Å². The molecule has 0 spiro atoms. The average molecular weight is 551 g/mol. The molecule has 9 nitrogen and oxygen atoms in total. The molecule has 1 aliphatic rings. The standard InChI is InChI=1S/C29H30N2O7S/c1-30(2)39(35,36)24-15-13-20(14-16-24)27(32)25-26(31(17-8-18-37-3)29(34)28(25)33)21-9-7-12-23(19-21)38-22-10-5-4-6-11-22/h4-7,9-16,19,26,32H,8,17-18H2,1-3H3/t26-/m1/s1. The molecule has 0 bridgehead atoms. The summed E-state index contributed by atoms with van der Waals surface area (Å²) in [6, 6.07) is 20.8. The van der Waals surface area contributed by atoms with E-state index in [2.05, 4.69) is 0 Å². The molecule has 0 saturated carbocycles. The topological polar surface area (TPSA) is 113 Å². The summed E-state index contributed by atoms with van der Waals surface area (Å²) in [5.41, 5.74) is 0.704. The first kappa shape index (κ1) is 28.0. The first-order valence-electron chi connectivity index (χ1n) is 12.3. The minimum absolute atomic E-state index is 0.0337. The monoisotopic (exact) mass is 550 g/mol. The van der Waals surface area contributed by atoms with E-state index in [9.17, 15) is 23.1 Å². The van der Waals surface area contributed by atoms with Crippen LogP contribution in [0.2, 0.25) is 0 Å². The number of hydrogen-bond acceptors (Lipinski definition) is 7. The number of likely N-dealkylation sites (tertiary alicyclic amines) is 1. The number of hydrogen-bond donors (Lipinski definition) is 1. The van der Waals surface area contributed by atoms with Gasteiger partial charge in [0.25, 0.3) is 11.7 Å².